The van der Waals surface area contributed by atoms with Crippen molar-refractivity contribution in [3.63, 3.8) is 0 Å². The fourth-order valence-corrected chi connectivity index (χ4v) is 3.03. The zero-order chi connectivity index (χ0) is 11.8. The number of rotatable bonds is 2. The maximum absolute atomic E-state index is 11.6. The number of nitrogens with zero attached hydrogens (tertiary/aromatic N) is 1. The summed E-state index contributed by atoms with van der Waals surface area (Å²) in [6.45, 7) is 5.04. The molecule has 0 spiro atoms. The standard InChI is InChI=1S/C14H18N2O/c1-10(11-5-3-2-4-6-11)16-8-12-7-15-14(17)13(12)9-16/h2-6,10,12-13H,7-9H2,1H3,(H,15,17)/t10-,12+,13-/m1/s1. The molecule has 1 aromatic carbocycles. The van der Waals surface area contributed by atoms with Crippen LogP contribution in [0.1, 0.15) is 18.5 Å². The fourth-order valence-electron chi connectivity index (χ4n) is 3.03. The van der Waals surface area contributed by atoms with E-state index in [0.717, 1.165) is 19.6 Å². The number of hydrogen-bond donors (Lipinski definition) is 1. The molecule has 3 atom stereocenters. The van der Waals surface area contributed by atoms with Crippen LogP contribution in [0.5, 0.6) is 0 Å². The van der Waals surface area contributed by atoms with Crippen LogP contribution in [0.3, 0.4) is 0 Å². The smallest absolute Gasteiger partial charge is 0.224 e. The predicted octanol–water partition coefficient (Wildman–Crippen LogP) is 1.43. The Balaban J connectivity index is 1.73. The molecule has 3 heteroatoms. The Hall–Kier alpha value is -1.35. The summed E-state index contributed by atoms with van der Waals surface area (Å²) in [7, 11) is 0. The molecule has 0 aliphatic carbocycles. The highest BCUT2D eigenvalue weighted by Gasteiger charge is 2.43. The van der Waals surface area contributed by atoms with E-state index >= 15 is 0 Å². The van der Waals surface area contributed by atoms with Crippen molar-refractivity contribution in [3.8, 4) is 0 Å². The molecule has 1 aromatic rings. The molecule has 0 aromatic heterocycles. The van der Waals surface area contributed by atoms with E-state index in [1.807, 2.05) is 6.07 Å². The molecule has 1 amide bonds. The maximum atomic E-state index is 11.6. The lowest BCUT2D eigenvalue weighted by molar-refractivity contribution is -0.122. The number of nitrogens with one attached hydrogen (secondary N) is 1. The fraction of sp³-hybridized carbons (Fsp3) is 0.500. The van der Waals surface area contributed by atoms with Gasteiger partial charge < -0.3 is 5.32 Å². The quantitative estimate of drug-likeness (QED) is 0.833. The van der Waals surface area contributed by atoms with Gasteiger partial charge in [0.05, 0.1) is 5.92 Å². The molecule has 0 radical (unpaired) electrons. The number of likely N-dealkylation sites (tertiary alicyclic amines) is 1. The van der Waals surface area contributed by atoms with E-state index in [1.165, 1.54) is 5.56 Å². The van der Waals surface area contributed by atoms with Crippen molar-refractivity contribution in [2.75, 3.05) is 19.6 Å². The Kier molecular flexibility index (Phi) is 2.63. The zero-order valence-corrected chi connectivity index (χ0v) is 10.1. The van der Waals surface area contributed by atoms with Gasteiger partial charge in [-0.05, 0) is 12.5 Å². The SMILES string of the molecule is C[C@H](c1ccccc1)N1C[C@@H]2CNC(=O)[C@@H]2C1. The number of hydrogen-bond acceptors (Lipinski definition) is 2. The predicted molar refractivity (Wildman–Crippen MR) is 66.4 cm³/mol. The van der Waals surface area contributed by atoms with Gasteiger partial charge in [0, 0.05) is 31.6 Å². The van der Waals surface area contributed by atoms with Gasteiger partial charge in [0.25, 0.3) is 0 Å². The Morgan fingerprint density at radius 3 is 2.76 bits per heavy atom. The highest BCUT2D eigenvalue weighted by atomic mass is 16.2. The molecule has 2 aliphatic rings. The number of fused-ring (bicyclic) bond motifs is 1. The van der Waals surface area contributed by atoms with Crippen molar-refractivity contribution in [3.05, 3.63) is 35.9 Å². The van der Waals surface area contributed by atoms with Crippen molar-refractivity contribution in [2.24, 2.45) is 11.8 Å². The van der Waals surface area contributed by atoms with Crippen LogP contribution in [-0.4, -0.2) is 30.4 Å². The second-order valence-electron chi connectivity index (χ2n) is 5.15. The minimum atomic E-state index is 0.223. The van der Waals surface area contributed by atoms with Crippen LogP contribution in [0.25, 0.3) is 0 Å². The summed E-state index contributed by atoms with van der Waals surface area (Å²) in [6, 6.07) is 10.9. The first kappa shape index (κ1) is 10.8. The summed E-state index contributed by atoms with van der Waals surface area (Å²) < 4.78 is 0. The molecule has 1 N–H and O–H groups in total. The van der Waals surface area contributed by atoms with Gasteiger partial charge in [-0.3, -0.25) is 9.69 Å². The molecule has 2 saturated heterocycles. The molecular weight excluding hydrogens is 212 g/mol. The highest BCUT2D eigenvalue weighted by Crippen LogP contribution is 2.33. The van der Waals surface area contributed by atoms with Gasteiger partial charge in [0.2, 0.25) is 5.91 Å². The van der Waals surface area contributed by atoms with E-state index in [-0.39, 0.29) is 11.8 Å². The van der Waals surface area contributed by atoms with E-state index in [0.29, 0.717) is 12.0 Å². The molecule has 3 nitrogen and oxygen atoms in total. The lowest BCUT2D eigenvalue weighted by Crippen LogP contribution is -2.30. The van der Waals surface area contributed by atoms with Crippen molar-refractivity contribution >= 4 is 5.91 Å². The summed E-state index contributed by atoms with van der Waals surface area (Å²) in [5.41, 5.74) is 1.34. The van der Waals surface area contributed by atoms with Crippen LogP contribution >= 0.6 is 0 Å². The number of amides is 1. The zero-order valence-electron chi connectivity index (χ0n) is 10.1. The average molecular weight is 230 g/mol. The molecule has 3 rings (SSSR count). The van der Waals surface area contributed by atoms with Gasteiger partial charge in [0.1, 0.15) is 0 Å². The van der Waals surface area contributed by atoms with Crippen LogP contribution in [0.4, 0.5) is 0 Å². The lowest BCUT2D eigenvalue weighted by Gasteiger charge is -2.25. The lowest BCUT2D eigenvalue weighted by atomic mass is 10.0. The van der Waals surface area contributed by atoms with Crippen molar-refractivity contribution in [2.45, 2.75) is 13.0 Å². The van der Waals surface area contributed by atoms with Gasteiger partial charge in [-0.15, -0.1) is 0 Å². The normalized spacial score (nSPS) is 30.1. The Bertz CT molecular complexity index is 417. The van der Waals surface area contributed by atoms with E-state index in [4.69, 9.17) is 0 Å². The number of carbonyl (C=O) groups excluding carboxylic acids is 1. The average Bonchev–Trinajstić information content (AvgIpc) is 2.92. The van der Waals surface area contributed by atoms with E-state index in [2.05, 4.69) is 41.4 Å². The third-order valence-corrected chi connectivity index (χ3v) is 4.17. The van der Waals surface area contributed by atoms with Crippen LogP contribution in [0.15, 0.2) is 30.3 Å². The summed E-state index contributed by atoms with van der Waals surface area (Å²) >= 11 is 0. The van der Waals surface area contributed by atoms with E-state index in [9.17, 15) is 4.79 Å². The van der Waals surface area contributed by atoms with Crippen molar-refractivity contribution < 1.29 is 4.79 Å². The number of carbonyl (C=O) groups is 1. The molecule has 2 fully saturated rings. The number of benzene rings is 1. The molecule has 2 aliphatic heterocycles. The Morgan fingerprint density at radius 2 is 2.06 bits per heavy atom. The van der Waals surface area contributed by atoms with Gasteiger partial charge in [-0.25, -0.2) is 0 Å². The minimum Gasteiger partial charge on any atom is -0.355 e. The van der Waals surface area contributed by atoms with Crippen LogP contribution in [-0.2, 0) is 4.79 Å². The molecule has 17 heavy (non-hydrogen) atoms. The highest BCUT2D eigenvalue weighted by molar-refractivity contribution is 5.81. The van der Waals surface area contributed by atoms with Crippen molar-refractivity contribution in [1.82, 2.24) is 10.2 Å². The van der Waals surface area contributed by atoms with Gasteiger partial charge in [-0.2, -0.15) is 0 Å². The second-order valence-corrected chi connectivity index (χ2v) is 5.15. The monoisotopic (exact) mass is 230 g/mol. The van der Waals surface area contributed by atoms with Crippen LogP contribution in [0, 0.1) is 11.8 Å². The van der Waals surface area contributed by atoms with Gasteiger partial charge in [-0.1, -0.05) is 30.3 Å². The summed E-state index contributed by atoms with van der Waals surface area (Å²) in [4.78, 5) is 14.1. The summed E-state index contributed by atoms with van der Waals surface area (Å²) in [5.74, 6) is 0.993. The topological polar surface area (TPSA) is 32.3 Å². The first-order chi connectivity index (χ1) is 8.25. The molecular formula is C14H18N2O. The maximum Gasteiger partial charge on any atom is 0.224 e. The molecule has 2 heterocycles. The van der Waals surface area contributed by atoms with Crippen LogP contribution < -0.4 is 5.32 Å². The van der Waals surface area contributed by atoms with E-state index in [1.54, 1.807) is 0 Å². The van der Waals surface area contributed by atoms with Gasteiger partial charge in [0.15, 0.2) is 0 Å². The van der Waals surface area contributed by atoms with E-state index < -0.39 is 0 Å². The molecule has 0 saturated carbocycles. The molecule has 0 unspecified atom stereocenters. The first-order valence-electron chi connectivity index (χ1n) is 6.32. The third-order valence-electron chi connectivity index (χ3n) is 4.17. The molecule has 0 bridgehead atoms. The Morgan fingerprint density at radius 1 is 1.29 bits per heavy atom. The van der Waals surface area contributed by atoms with Crippen molar-refractivity contribution in [1.29, 1.82) is 0 Å². The summed E-state index contributed by atoms with van der Waals surface area (Å²) in [5, 5.41) is 2.96. The first-order valence-corrected chi connectivity index (χ1v) is 6.32. The summed E-state index contributed by atoms with van der Waals surface area (Å²) in [6.07, 6.45) is 0. The Labute approximate surface area is 102 Å². The largest absolute Gasteiger partial charge is 0.355 e. The minimum absolute atomic E-state index is 0.223. The third kappa shape index (κ3) is 1.84. The van der Waals surface area contributed by atoms with Gasteiger partial charge >= 0.3 is 0 Å². The van der Waals surface area contributed by atoms with Crippen LogP contribution in [0.2, 0.25) is 0 Å². The second kappa shape index (κ2) is 4.15. The molecule has 90 valence electrons.